The third-order valence-electron chi connectivity index (χ3n) is 2.40. The Morgan fingerprint density at radius 1 is 1.16 bits per heavy atom. The van der Waals surface area contributed by atoms with E-state index in [0.717, 1.165) is 4.68 Å². The zero-order valence-electron chi connectivity index (χ0n) is 9.18. The van der Waals surface area contributed by atoms with Crippen molar-refractivity contribution in [3.8, 4) is 5.69 Å². The number of aromatic nitrogens is 2. The van der Waals surface area contributed by atoms with Gasteiger partial charge < -0.3 is 0 Å². The number of hydrogen-bond acceptors (Lipinski definition) is 1. The van der Waals surface area contributed by atoms with Gasteiger partial charge in [0, 0.05) is 5.56 Å². The SMILES string of the molecule is FC(F)(F)c1nn(-c2ccccc2Cl)c(Cl)c1CCl. The van der Waals surface area contributed by atoms with Crippen molar-refractivity contribution in [2.75, 3.05) is 0 Å². The zero-order valence-corrected chi connectivity index (χ0v) is 11.4. The van der Waals surface area contributed by atoms with Crippen LogP contribution in [0.4, 0.5) is 13.2 Å². The Morgan fingerprint density at radius 2 is 1.79 bits per heavy atom. The van der Waals surface area contributed by atoms with E-state index < -0.39 is 17.8 Å². The second-order valence-electron chi connectivity index (χ2n) is 3.61. The van der Waals surface area contributed by atoms with Crippen LogP contribution in [0.1, 0.15) is 11.3 Å². The lowest BCUT2D eigenvalue weighted by Crippen LogP contribution is -2.09. The summed E-state index contributed by atoms with van der Waals surface area (Å²) < 4.78 is 39.4. The highest BCUT2D eigenvalue weighted by Crippen LogP contribution is 2.37. The molecule has 0 aliphatic carbocycles. The lowest BCUT2D eigenvalue weighted by Gasteiger charge is -2.05. The predicted octanol–water partition coefficient (Wildman–Crippen LogP) is 4.94. The van der Waals surface area contributed by atoms with Crippen LogP contribution in [0.3, 0.4) is 0 Å². The maximum Gasteiger partial charge on any atom is 0.435 e. The maximum absolute atomic E-state index is 12.8. The van der Waals surface area contributed by atoms with E-state index in [2.05, 4.69) is 5.10 Å². The summed E-state index contributed by atoms with van der Waals surface area (Å²) >= 11 is 17.3. The van der Waals surface area contributed by atoms with Crippen LogP contribution in [0, 0.1) is 0 Å². The number of rotatable bonds is 2. The summed E-state index contributed by atoms with van der Waals surface area (Å²) in [7, 11) is 0. The molecule has 0 atom stereocenters. The average molecular weight is 330 g/mol. The first-order chi connectivity index (χ1) is 8.86. The van der Waals surface area contributed by atoms with E-state index in [0.29, 0.717) is 0 Å². The molecule has 2 aromatic rings. The molecule has 0 fully saturated rings. The molecular formula is C11H6Cl3F3N2. The highest BCUT2D eigenvalue weighted by atomic mass is 35.5. The molecule has 2 rings (SSSR count). The molecule has 102 valence electrons. The number of nitrogens with zero attached hydrogens (tertiary/aromatic N) is 2. The van der Waals surface area contributed by atoms with Gasteiger partial charge in [-0.2, -0.15) is 18.3 Å². The number of alkyl halides is 4. The molecule has 1 heterocycles. The van der Waals surface area contributed by atoms with Crippen LogP contribution in [-0.4, -0.2) is 9.78 Å². The van der Waals surface area contributed by atoms with E-state index in [4.69, 9.17) is 34.8 Å². The number of hydrogen-bond donors (Lipinski definition) is 0. The minimum Gasteiger partial charge on any atom is -0.220 e. The minimum absolute atomic E-state index is 0.199. The van der Waals surface area contributed by atoms with Gasteiger partial charge in [0.15, 0.2) is 5.69 Å². The van der Waals surface area contributed by atoms with Gasteiger partial charge in [0.05, 0.1) is 16.6 Å². The third kappa shape index (κ3) is 2.68. The third-order valence-corrected chi connectivity index (χ3v) is 3.38. The Bertz CT molecular complexity index is 608. The molecule has 0 saturated heterocycles. The topological polar surface area (TPSA) is 17.8 Å². The van der Waals surface area contributed by atoms with E-state index in [9.17, 15) is 13.2 Å². The van der Waals surface area contributed by atoms with Crippen molar-refractivity contribution in [2.45, 2.75) is 12.1 Å². The van der Waals surface area contributed by atoms with Crippen molar-refractivity contribution in [1.29, 1.82) is 0 Å². The molecule has 0 aliphatic heterocycles. The van der Waals surface area contributed by atoms with Gasteiger partial charge in [0.1, 0.15) is 5.15 Å². The standard InChI is InChI=1S/C11H6Cl3F3N2/c12-5-6-9(11(15,16)17)18-19(10(6)14)8-4-2-1-3-7(8)13/h1-4H,5H2. The van der Waals surface area contributed by atoms with Crippen LogP contribution in [0.15, 0.2) is 24.3 Å². The fourth-order valence-corrected chi connectivity index (χ4v) is 2.38. The Hall–Kier alpha value is -0.910. The van der Waals surface area contributed by atoms with E-state index in [1.54, 1.807) is 12.1 Å². The van der Waals surface area contributed by atoms with Crippen LogP contribution in [0.25, 0.3) is 5.69 Å². The second kappa shape index (κ2) is 5.23. The van der Waals surface area contributed by atoms with Crippen LogP contribution < -0.4 is 0 Å². The Labute approximate surface area is 121 Å². The van der Waals surface area contributed by atoms with Crippen molar-refractivity contribution in [1.82, 2.24) is 9.78 Å². The Balaban J connectivity index is 2.67. The molecule has 8 heteroatoms. The first-order valence-electron chi connectivity index (χ1n) is 5.01. The van der Waals surface area contributed by atoms with Gasteiger partial charge in [-0.1, -0.05) is 35.3 Å². The molecule has 1 aromatic carbocycles. The predicted molar refractivity (Wildman–Crippen MR) is 68.1 cm³/mol. The van der Waals surface area contributed by atoms with Gasteiger partial charge >= 0.3 is 6.18 Å². The Morgan fingerprint density at radius 3 is 2.26 bits per heavy atom. The monoisotopic (exact) mass is 328 g/mol. The molecule has 0 saturated carbocycles. The lowest BCUT2D eigenvalue weighted by molar-refractivity contribution is -0.141. The van der Waals surface area contributed by atoms with Gasteiger partial charge in [-0.3, -0.25) is 0 Å². The average Bonchev–Trinajstić information content (AvgIpc) is 2.67. The van der Waals surface area contributed by atoms with Crippen LogP contribution in [0.2, 0.25) is 10.2 Å². The summed E-state index contributed by atoms with van der Waals surface area (Å²) in [6.45, 7) is 0. The molecule has 0 amide bonds. The molecule has 0 radical (unpaired) electrons. The highest BCUT2D eigenvalue weighted by Gasteiger charge is 2.39. The molecule has 0 spiro atoms. The zero-order chi connectivity index (χ0) is 14.2. The lowest BCUT2D eigenvalue weighted by atomic mass is 10.2. The van der Waals surface area contributed by atoms with Crippen molar-refractivity contribution in [3.63, 3.8) is 0 Å². The molecule has 19 heavy (non-hydrogen) atoms. The van der Waals surface area contributed by atoms with Crippen molar-refractivity contribution >= 4 is 34.8 Å². The van der Waals surface area contributed by atoms with Crippen LogP contribution in [0.5, 0.6) is 0 Å². The smallest absolute Gasteiger partial charge is 0.220 e. The fourth-order valence-electron chi connectivity index (χ4n) is 1.56. The summed E-state index contributed by atoms with van der Waals surface area (Å²) in [6.07, 6.45) is -4.62. The minimum atomic E-state index is -4.62. The van der Waals surface area contributed by atoms with Gasteiger partial charge in [0.2, 0.25) is 0 Å². The summed E-state index contributed by atoms with van der Waals surface area (Å²) in [5, 5.41) is 3.51. The van der Waals surface area contributed by atoms with Crippen molar-refractivity contribution in [2.24, 2.45) is 0 Å². The molecule has 0 unspecified atom stereocenters. The first-order valence-corrected chi connectivity index (χ1v) is 6.30. The second-order valence-corrected chi connectivity index (χ2v) is 4.65. The summed E-state index contributed by atoms with van der Waals surface area (Å²) in [5.74, 6) is -0.391. The first kappa shape index (κ1) is 14.5. The van der Waals surface area contributed by atoms with E-state index in [-0.39, 0.29) is 21.4 Å². The molecule has 0 aliphatic rings. The van der Waals surface area contributed by atoms with Gasteiger partial charge in [0.25, 0.3) is 0 Å². The van der Waals surface area contributed by atoms with Crippen molar-refractivity contribution < 1.29 is 13.2 Å². The van der Waals surface area contributed by atoms with Crippen LogP contribution >= 0.6 is 34.8 Å². The summed E-state index contributed by atoms with van der Waals surface area (Å²) in [5.41, 5.74) is -1.11. The van der Waals surface area contributed by atoms with E-state index in [1.807, 2.05) is 0 Å². The normalized spacial score (nSPS) is 11.9. The van der Waals surface area contributed by atoms with Crippen LogP contribution in [-0.2, 0) is 12.1 Å². The van der Waals surface area contributed by atoms with Gasteiger partial charge in [-0.05, 0) is 12.1 Å². The largest absolute Gasteiger partial charge is 0.435 e. The maximum atomic E-state index is 12.8. The Kier molecular flexibility index (Phi) is 3.99. The van der Waals surface area contributed by atoms with Gasteiger partial charge in [-0.15, -0.1) is 11.6 Å². The molecule has 1 aromatic heterocycles. The van der Waals surface area contributed by atoms with Crippen molar-refractivity contribution in [3.05, 3.63) is 45.7 Å². The summed E-state index contributed by atoms with van der Waals surface area (Å²) in [6, 6.07) is 6.31. The van der Waals surface area contributed by atoms with E-state index >= 15 is 0 Å². The van der Waals surface area contributed by atoms with E-state index in [1.165, 1.54) is 12.1 Å². The number of halogens is 6. The molecule has 2 nitrogen and oxygen atoms in total. The fraction of sp³-hybridized carbons (Fsp3) is 0.182. The molecule has 0 N–H and O–H groups in total. The number of para-hydroxylation sites is 1. The number of benzene rings is 1. The van der Waals surface area contributed by atoms with Gasteiger partial charge in [-0.25, -0.2) is 4.68 Å². The highest BCUT2D eigenvalue weighted by molar-refractivity contribution is 6.33. The molecular weight excluding hydrogens is 323 g/mol. The molecule has 0 bridgehead atoms. The quantitative estimate of drug-likeness (QED) is 0.714. The summed E-state index contributed by atoms with van der Waals surface area (Å²) in [4.78, 5) is 0.